The highest BCUT2D eigenvalue weighted by Gasteiger charge is 2.30. The number of nitrogens with one attached hydrogen (secondary N) is 1. The topological polar surface area (TPSA) is 49.3 Å². The molecule has 1 saturated carbocycles. The van der Waals surface area contributed by atoms with Gasteiger partial charge in [0.05, 0.1) is 12.0 Å². The minimum absolute atomic E-state index is 0.0204. The zero-order valence-corrected chi connectivity index (χ0v) is 11.6. The third-order valence-electron chi connectivity index (χ3n) is 4.06. The second kappa shape index (κ2) is 5.85. The maximum Gasteiger partial charge on any atom is 0.228 e. The first-order chi connectivity index (χ1) is 7.86. The van der Waals surface area contributed by atoms with E-state index in [1.54, 1.807) is 13.8 Å². The third kappa shape index (κ3) is 3.98. The standard InChI is InChI=1S/C14H27NO2/c1-10(2)11-5-7-12(8-6-11)15-13(17)14(3,4)9-16/h10-12,16H,5-9H2,1-4H3,(H,15,17)/t11-,12-. The SMILES string of the molecule is CC(C)[C@H]1CC[C@H](NC(=O)C(C)(C)CO)CC1. The fraction of sp³-hybridized carbons (Fsp3) is 0.929. The summed E-state index contributed by atoms with van der Waals surface area (Å²) in [5, 5.41) is 12.2. The van der Waals surface area contributed by atoms with Crippen LogP contribution in [0, 0.1) is 17.3 Å². The minimum Gasteiger partial charge on any atom is -0.395 e. The minimum atomic E-state index is -0.658. The van der Waals surface area contributed by atoms with Gasteiger partial charge in [-0.05, 0) is 51.4 Å². The van der Waals surface area contributed by atoms with Crippen LogP contribution in [0.1, 0.15) is 53.4 Å². The van der Waals surface area contributed by atoms with Crippen molar-refractivity contribution >= 4 is 5.91 Å². The van der Waals surface area contributed by atoms with E-state index in [4.69, 9.17) is 5.11 Å². The van der Waals surface area contributed by atoms with E-state index < -0.39 is 5.41 Å². The molecule has 0 aromatic heterocycles. The highest BCUT2D eigenvalue weighted by molar-refractivity contribution is 5.82. The van der Waals surface area contributed by atoms with Gasteiger partial charge >= 0.3 is 0 Å². The molecule has 0 aromatic carbocycles. The molecule has 17 heavy (non-hydrogen) atoms. The van der Waals surface area contributed by atoms with Crippen molar-refractivity contribution in [2.45, 2.75) is 59.4 Å². The van der Waals surface area contributed by atoms with Crippen LogP contribution >= 0.6 is 0 Å². The summed E-state index contributed by atoms with van der Waals surface area (Å²) >= 11 is 0. The van der Waals surface area contributed by atoms with Crippen LogP contribution in [0.3, 0.4) is 0 Å². The lowest BCUT2D eigenvalue weighted by atomic mass is 9.79. The van der Waals surface area contributed by atoms with Crippen LogP contribution in [0.25, 0.3) is 0 Å². The zero-order chi connectivity index (χ0) is 13.1. The van der Waals surface area contributed by atoms with Gasteiger partial charge in [-0.2, -0.15) is 0 Å². The largest absolute Gasteiger partial charge is 0.395 e. The van der Waals surface area contributed by atoms with Crippen molar-refractivity contribution in [2.75, 3.05) is 6.61 Å². The molecular formula is C14H27NO2. The Labute approximate surface area is 105 Å². The van der Waals surface area contributed by atoms with Crippen molar-refractivity contribution < 1.29 is 9.90 Å². The number of rotatable bonds is 4. The van der Waals surface area contributed by atoms with Crippen LogP contribution in [-0.4, -0.2) is 23.7 Å². The predicted molar refractivity (Wildman–Crippen MR) is 69.6 cm³/mol. The number of amides is 1. The molecular weight excluding hydrogens is 214 g/mol. The lowest BCUT2D eigenvalue weighted by molar-refractivity contribution is -0.132. The molecule has 0 spiro atoms. The van der Waals surface area contributed by atoms with Gasteiger partial charge in [-0.1, -0.05) is 13.8 Å². The lowest BCUT2D eigenvalue weighted by Crippen LogP contribution is -2.46. The summed E-state index contributed by atoms with van der Waals surface area (Å²) in [6.45, 7) is 8.02. The van der Waals surface area contributed by atoms with E-state index in [0.717, 1.165) is 24.7 Å². The van der Waals surface area contributed by atoms with E-state index >= 15 is 0 Å². The number of hydrogen-bond acceptors (Lipinski definition) is 2. The van der Waals surface area contributed by atoms with Gasteiger partial charge in [0.25, 0.3) is 0 Å². The van der Waals surface area contributed by atoms with Crippen LogP contribution in [0.5, 0.6) is 0 Å². The fourth-order valence-electron chi connectivity index (χ4n) is 2.38. The summed E-state index contributed by atoms with van der Waals surface area (Å²) in [7, 11) is 0. The van der Waals surface area contributed by atoms with Crippen molar-refractivity contribution in [3.8, 4) is 0 Å². The number of hydrogen-bond donors (Lipinski definition) is 2. The summed E-state index contributed by atoms with van der Waals surface area (Å²) in [5.74, 6) is 1.54. The van der Waals surface area contributed by atoms with Crippen molar-refractivity contribution in [2.24, 2.45) is 17.3 Å². The van der Waals surface area contributed by atoms with Crippen LogP contribution < -0.4 is 5.32 Å². The van der Waals surface area contributed by atoms with E-state index in [1.807, 2.05) is 0 Å². The van der Waals surface area contributed by atoms with Crippen LogP contribution in [0.15, 0.2) is 0 Å². The molecule has 1 amide bonds. The molecule has 0 saturated heterocycles. The van der Waals surface area contributed by atoms with Gasteiger partial charge in [-0.25, -0.2) is 0 Å². The summed E-state index contributed by atoms with van der Waals surface area (Å²) in [5.41, 5.74) is -0.658. The average Bonchev–Trinajstić information content (AvgIpc) is 2.29. The Morgan fingerprint density at radius 3 is 2.24 bits per heavy atom. The molecule has 0 heterocycles. The Bertz CT molecular complexity index is 253. The lowest BCUT2D eigenvalue weighted by Gasteiger charge is -2.33. The summed E-state index contributed by atoms with van der Waals surface area (Å²) in [4.78, 5) is 11.9. The van der Waals surface area contributed by atoms with Crippen LogP contribution in [-0.2, 0) is 4.79 Å². The van der Waals surface area contributed by atoms with Gasteiger partial charge in [0.15, 0.2) is 0 Å². The van der Waals surface area contributed by atoms with Gasteiger partial charge in [-0.3, -0.25) is 4.79 Å². The summed E-state index contributed by atoms with van der Waals surface area (Å²) in [6, 6.07) is 0.309. The molecule has 0 aromatic rings. The molecule has 0 aliphatic heterocycles. The highest BCUT2D eigenvalue weighted by atomic mass is 16.3. The smallest absolute Gasteiger partial charge is 0.228 e. The first-order valence-electron chi connectivity index (χ1n) is 6.78. The maximum atomic E-state index is 11.9. The van der Waals surface area contributed by atoms with Gasteiger partial charge in [0, 0.05) is 6.04 Å². The van der Waals surface area contributed by atoms with Crippen LogP contribution in [0.2, 0.25) is 0 Å². The number of carbonyl (C=O) groups is 1. The molecule has 3 nitrogen and oxygen atoms in total. The maximum absolute atomic E-state index is 11.9. The molecule has 100 valence electrons. The monoisotopic (exact) mass is 241 g/mol. The molecule has 2 N–H and O–H groups in total. The van der Waals surface area contributed by atoms with Crippen molar-refractivity contribution in [1.29, 1.82) is 0 Å². The molecule has 0 bridgehead atoms. The third-order valence-corrected chi connectivity index (χ3v) is 4.06. The van der Waals surface area contributed by atoms with Gasteiger partial charge in [0.1, 0.15) is 0 Å². The summed E-state index contributed by atoms with van der Waals surface area (Å²) in [6.07, 6.45) is 4.58. The van der Waals surface area contributed by atoms with E-state index in [2.05, 4.69) is 19.2 Å². The average molecular weight is 241 g/mol. The second-order valence-electron chi connectivity index (χ2n) is 6.37. The van der Waals surface area contributed by atoms with Crippen molar-refractivity contribution in [1.82, 2.24) is 5.32 Å². The van der Waals surface area contributed by atoms with Crippen molar-refractivity contribution in [3.63, 3.8) is 0 Å². The van der Waals surface area contributed by atoms with Gasteiger partial charge in [-0.15, -0.1) is 0 Å². The zero-order valence-electron chi connectivity index (χ0n) is 11.6. The Kier molecular flexibility index (Phi) is 4.99. The molecule has 1 rings (SSSR count). The number of aliphatic hydroxyl groups excluding tert-OH is 1. The second-order valence-corrected chi connectivity index (χ2v) is 6.37. The molecule has 0 radical (unpaired) electrons. The molecule has 1 fully saturated rings. The Hall–Kier alpha value is -0.570. The summed E-state index contributed by atoms with van der Waals surface area (Å²) < 4.78 is 0. The quantitative estimate of drug-likeness (QED) is 0.793. The molecule has 3 heteroatoms. The highest BCUT2D eigenvalue weighted by Crippen LogP contribution is 2.30. The Balaban J connectivity index is 2.38. The van der Waals surface area contributed by atoms with Gasteiger partial charge < -0.3 is 10.4 Å². The van der Waals surface area contributed by atoms with E-state index in [9.17, 15) is 4.79 Å². The fourth-order valence-corrected chi connectivity index (χ4v) is 2.38. The molecule has 1 aliphatic rings. The molecule has 0 unspecified atom stereocenters. The molecule has 0 atom stereocenters. The van der Waals surface area contributed by atoms with E-state index in [0.29, 0.717) is 6.04 Å². The normalized spacial score (nSPS) is 26.0. The van der Waals surface area contributed by atoms with Crippen molar-refractivity contribution in [3.05, 3.63) is 0 Å². The first kappa shape index (κ1) is 14.5. The Morgan fingerprint density at radius 1 is 1.29 bits per heavy atom. The first-order valence-corrected chi connectivity index (χ1v) is 6.78. The van der Waals surface area contributed by atoms with Gasteiger partial charge in [0.2, 0.25) is 5.91 Å². The predicted octanol–water partition coefficient (Wildman–Crippen LogP) is 2.34. The Morgan fingerprint density at radius 2 is 1.82 bits per heavy atom. The van der Waals surface area contributed by atoms with E-state index in [1.165, 1.54) is 12.8 Å². The number of carbonyl (C=O) groups excluding carboxylic acids is 1. The number of aliphatic hydroxyl groups is 1. The van der Waals surface area contributed by atoms with E-state index in [-0.39, 0.29) is 12.5 Å². The molecule has 1 aliphatic carbocycles. The van der Waals surface area contributed by atoms with Crippen LogP contribution in [0.4, 0.5) is 0 Å².